The molecule has 2 aromatic carbocycles. The first-order chi connectivity index (χ1) is 6.38. The van der Waals surface area contributed by atoms with E-state index < -0.39 is 0 Å². The maximum absolute atomic E-state index is 5.23. The Morgan fingerprint density at radius 3 is 1.93 bits per heavy atom. The zero-order valence-electron chi connectivity index (χ0n) is 8.10. The van der Waals surface area contributed by atoms with Gasteiger partial charge in [-0.1, -0.05) is 54.6 Å². The van der Waals surface area contributed by atoms with Crippen molar-refractivity contribution in [2.24, 2.45) is 0 Å². The molecular formula is C12H9NaS. The van der Waals surface area contributed by atoms with Crippen LogP contribution in [0.1, 0.15) is 0 Å². The second-order valence-corrected chi connectivity index (χ2v) is 3.30. The first kappa shape index (κ1) is 11.7. The van der Waals surface area contributed by atoms with Crippen LogP contribution in [0, 0.1) is 0 Å². The van der Waals surface area contributed by atoms with Crippen molar-refractivity contribution in [1.29, 1.82) is 0 Å². The molecule has 0 spiro atoms. The van der Waals surface area contributed by atoms with Gasteiger partial charge in [0, 0.05) is 0 Å². The third kappa shape index (κ3) is 2.58. The molecule has 0 heterocycles. The van der Waals surface area contributed by atoms with Gasteiger partial charge in [0.05, 0.1) is 0 Å². The average molecular weight is 208 g/mol. The molecule has 14 heavy (non-hydrogen) atoms. The van der Waals surface area contributed by atoms with Crippen LogP contribution < -0.4 is 29.6 Å². The van der Waals surface area contributed by atoms with E-state index in [-0.39, 0.29) is 29.6 Å². The van der Waals surface area contributed by atoms with E-state index in [0.29, 0.717) is 0 Å². The van der Waals surface area contributed by atoms with Crippen LogP contribution in [0.5, 0.6) is 0 Å². The monoisotopic (exact) mass is 208 g/mol. The van der Waals surface area contributed by atoms with Gasteiger partial charge in [-0.15, -0.1) is 0 Å². The van der Waals surface area contributed by atoms with Crippen molar-refractivity contribution < 1.29 is 29.6 Å². The fourth-order valence-corrected chi connectivity index (χ4v) is 1.59. The maximum atomic E-state index is 5.23. The number of hydrogen-bond acceptors (Lipinski definition) is 1. The Morgan fingerprint density at radius 2 is 1.29 bits per heavy atom. The predicted octanol–water partition coefficient (Wildman–Crippen LogP) is 0.263. The van der Waals surface area contributed by atoms with Crippen molar-refractivity contribution in [3.8, 4) is 11.1 Å². The Labute approximate surface area is 112 Å². The number of benzene rings is 2. The predicted molar refractivity (Wildman–Crippen MR) is 57.5 cm³/mol. The van der Waals surface area contributed by atoms with Crippen LogP contribution in [0.3, 0.4) is 0 Å². The van der Waals surface area contributed by atoms with Crippen LogP contribution in [0.25, 0.3) is 11.1 Å². The minimum absolute atomic E-state index is 0. The van der Waals surface area contributed by atoms with Gasteiger partial charge in [-0.25, -0.2) is 0 Å². The Bertz CT molecular complexity index is 398. The summed E-state index contributed by atoms with van der Waals surface area (Å²) in [5.41, 5.74) is 2.33. The largest absolute Gasteiger partial charge is 1.00 e. The molecule has 0 saturated heterocycles. The summed E-state index contributed by atoms with van der Waals surface area (Å²) < 4.78 is 0. The molecule has 0 nitrogen and oxygen atoms in total. The normalized spacial score (nSPS) is 9.14. The Morgan fingerprint density at radius 1 is 0.714 bits per heavy atom. The Kier molecular flexibility index (Phi) is 4.63. The molecule has 0 aliphatic heterocycles. The van der Waals surface area contributed by atoms with Gasteiger partial charge in [-0.3, -0.25) is 0 Å². The van der Waals surface area contributed by atoms with Crippen molar-refractivity contribution in [3.05, 3.63) is 54.6 Å². The van der Waals surface area contributed by atoms with Crippen LogP contribution in [-0.4, -0.2) is 0 Å². The van der Waals surface area contributed by atoms with E-state index in [0.717, 1.165) is 10.5 Å². The molecule has 0 radical (unpaired) electrons. The first-order valence-electron chi connectivity index (χ1n) is 4.19. The fraction of sp³-hybridized carbons (Fsp3) is 0. The molecule has 2 aromatic rings. The van der Waals surface area contributed by atoms with Crippen molar-refractivity contribution in [2.75, 3.05) is 0 Å². The van der Waals surface area contributed by atoms with Crippen LogP contribution in [0.4, 0.5) is 0 Å². The molecule has 64 valence electrons. The van der Waals surface area contributed by atoms with Gasteiger partial charge in [0.15, 0.2) is 0 Å². The minimum atomic E-state index is 0. The van der Waals surface area contributed by atoms with Gasteiger partial charge in [0.25, 0.3) is 0 Å². The number of rotatable bonds is 1. The molecule has 0 N–H and O–H groups in total. The van der Waals surface area contributed by atoms with Crippen LogP contribution in [-0.2, 0) is 12.6 Å². The molecule has 0 aliphatic rings. The third-order valence-corrected chi connectivity index (χ3v) is 2.33. The van der Waals surface area contributed by atoms with Crippen molar-refractivity contribution in [2.45, 2.75) is 4.90 Å². The molecule has 0 unspecified atom stereocenters. The second-order valence-electron chi connectivity index (χ2n) is 2.86. The summed E-state index contributed by atoms with van der Waals surface area (Å²) >= 11 is 5.23. The van der Waals surface area contributed by atoms with Gasteiger partial charge in [0.2, 0.25) is 0 Å². The average Bonchev–Trinajstić information content (AvgIpc) is 2.20. The molecule has 0 bridgehead atoms. The van der Waals surface area contributed by atoms with Crippen LogP contribution in [0.15, 0.2) is 59.5 Å². The quantitative estimate of drug-likeness (QED) is 0.478. The molecule has 0 aliphatic carbocycles. The van der Waals surface area contributed by atoms with Crippen molar-refractivity contribution in [3.63, 3.8) is 0 Å². The molecule has 0 aromatic heterocycles. The van der Waals surface area contributed by atoms with E-state index in [9.17, 15) is 0 Å². The van der Waals surface area contributed by atoms with Gasteiger partial charge < -0.3 is 12.6 Å². The van der Waals surface area contributed by atoms with Gasteiger partial charge in [-0.05, 0) is 11.1 Å². The topological polar surface area (TPSA) is 0 Å². The summed E-state index contributed by atoms with van der Waals surface area (Å²) in [4.78, 5) is 0.911. The molecule has 0 amide bonds. The van der Waals surface area contributed by atoms with Crippen LogP contribution in [0.2, 0.25) is 0 Å². The zero-order chi connectivity index (χ0) is 9.10. The fourth-order valence-electron chi connectivity index (χ4n) is 1.32. The molecule has 0 fully saturated rings. The van der Waals surface area contributed by atoms with E-state index in [2.05, 4.69) is 18.2 Å². The Hall–Kier alpha value is -0.340. The second kappa shape index (κ2) is 5.52. The summed E-state index contributed by atoms with van der Waals surface area (Å²) in [6.45, 7) is 0. The standard InChI is InChI=1S/C12H10S.Na/c13-12-9-5-4-8-11(12)10-6-2-1-3-7-10;/h1-9,13H;/q;+1/p-1. The van der Waals surface area contributed by atoms with Crippen molar-refractivity contribution in [1.82, 2.24) is 0 Å². The third-order valence-electron chi connectivity index (χ3n) is 1.97. The Balaban J connectivity index is 0.000000980. The summed E-state index contributed by atoms with van der Waals surface area (Å²) in [6, 6.07) is 18.2. The van der Waals surface area contributed by atoms with E-state index in [1.54, 1.807) is 0 Å². The van der Waals surface area contributed by atoms with Gasteiger partial charge >= 0.3 is 29.6 Å². The molecule has 2 rings (SSSR count). The molecule has 0 saturated carbocycles. The maximum Gasteiger partial charge on any atom is 1.00 e. The van der Waals surface area contributed by atoms with E-state index in [1.807, 2.05) is 36.4 Å². The SMILES string of the molecule is [Na+].[S-]c1ccccc1-c1ccccc1. The smallest absolute Gasteiger partial charge is 0.779 e. The summed E-state index contributed by atoms with van der Waals surface area (Å²) in [6.07, 6.45) is 0. The van der Waals surface area contributed by atoms with E-state index in [1.165, 1.54) is 5.56 Å². The first-order valence-corrected chi connectivity index (χ1v) is 4.60. The summed E-state index contributed by atoms with van der Waals surface area (Å²) in [5.74, 6) is 0. The summed E-state index contributed by atoms with van der Waals surface area (Å²) in [7, 11) is 0. The zero-order valence-corrected chi connectivity index (χ0v) is 10.9. The minimum Gasteiger partial charge on any atom is -0.779 e. The molecule has 2 heteroatoms. The van der Waals surface area contributed by atoms with E-state index >= 15 is 0 Å². The van der Waals surface area contributed by atoms with Crippen molar-refractivity contribution >= 4 is 12.6 Å². The van der Waals surface area contributed by atoms with E-state index in [4.69, 9.17) is 12.6 Å². The number of hydrogen-bond donors (Lipinski definition) is 0. The van der Waals surface area contributed by atoms with Gasteiger partial charge in [-0.2, -0.15) is 4.90 Å². The van der Waals surface area contributed by atoms with Gasteiger partial charge in [0.1, 0.15) is 0 Å². The summed E-state index contributed by atoms with van der Waals surface area (Å²) in [5, 5.41) is 0. The van der Waals surface area contributed by atoms with Crippen LogP contribution >= 0.6 is 0 Å². The molecule has 0 atom stereocenters. The molecular weight excluding hydrogens is 199 g/mol.